The molecule has 128 valence electrons. The standard InChI is InChI=1S/C19H22BrNO2S/c1-5-10-21(13-17-6-8-18(20)9-7-17)24(22,23)19-15(3)11-14(2)12-16(19)4/h5-9,11-12H,1,10,13H2,2-4H3. The summed E-state index contributed by atoms with van der Waals surface area (Å²) in [4.78, 5) is 0.395. The summed E-state index contributed by atoms with van der Waals surface area (Å²) >= 11 is 3.40. The minimum Gasteiger partial charge on any atom is -0.207 e. The molecule has 2 aromatic rings. The zero-order valence-corrected chi connectivity index (χ0v) is 16.6. The molecule has 0 amide bonds. The molecule has 2 aromatic carbocycles. The van der Waals surface area contributed by atoms with Crippen LogP contribution in [0.1, 0.15) is 22.3 Å². The molecule has 0 saturated heterocycles. The lowest BCUT2D eigenvalue weighted by Gasteiger charge is -2.23. The van der Waals surface area contributed by atoms with Crippen LogP contribution in [0.5, 0.6) is 0 Å². The molecule has 3 nitrogen and oxygen atoms in total. The van der Waals surface area contributed by atoms with Crippen molar-refractivity contribution in [2.75, 3.05) is 6.54 Å². The van der Waals surface area contributed by atoms with Gasteiger partial charge in [0.2, 0.25) is 10.0 Å². The third-order valence-corrected chi connectivity index (χ3v) is 6.45. The highest BCUT2D eigenvalue weighted by Gasteiger charge is 2.27. The van der Waals surface area contributed by atoms with Gasteiger partial charge in [-0.3, -0.25) is 0 Å². The second-order valence-corrected chi connectivity index (χ2v) is 8.73. The molecule has 0 heterocycles. The van der Waals surface area contributed by atoms with E-state index in [4.69, 9.17) is 0 Å². The van der Waals surface area contributed by atoms with E-state index >= 15 is 0 Å². The van der Waals surface area contributed by atoms with E-state index in [1.165, 1.54) is 4.31 Å². The molecule has 2 rings (SSSR count). The van der Waals surface area contributed by atoms with Gasteiger partial charge in [0.15, 0.2) is 0 Å². The Balaban J connectivity index is 2.46. The van der Waals surface area contributed by atoms with E-state index in [0.29, 0.717) is 11.4 Å². The van der Waals surface area contributed by atoms with Gasteiger partial charge in [0, 0.05) is 17.6 Å². The average Bonchev–Trinajstić information content (AvgIpc) is 2.47. The van der Waals surface area contributed by atoms with Crippen LogP contribution in [0.2, 0.25) is 0 Å². The van der Waals surface area contributed by atoms with Crippen molar-refractivity contribution in [3.63, 3.8) is 0 Å². The molecular formula is C19H22BrNO2S. The lowest BCUT2D eigenvalue weighted by atomic mass is 10.1. The van der Waals surface area contributed by atoms with Crippen LogP contribution in [0.25, 0.3) is 0 Å². The van der Waals surface area contributed by atoms with E-state index in [1.54, 1.807) is 6.08 Å². The molecule has 0 spiro atoms. The first-order chi connectivity index (χ1) is 11.3. The highest BCUT2D eigenvalue weighted by molar-refractivity contribution is 9.10. The quantitative estimate of drug-likeness (QED) is 0.647. The van der Waals surface area contributed by atoms with E-state index in [9.17, 15) is 8.42 Å². The second kappa shape index (κ2) is 7.64. The summed E-state index contributed by atoms with van der Waals surface area (Å²) in [6.45, 7) is 9.96. The van der Waals surface area contributed by atoms with Crippen molar-refractivity contribution in [2.24, 2.45) is 0 Å². The molecule has 0 atom stereocenters. The monoisotopic (exact) mass is 407 g/mol. The molecule has 5 heteroatoms. The fourth-order valence-corrected chi connectivity index (χ4v) is 4.96. The Labute approximate surface area is 153 Å². The number of rotatable bonds is 6. The maximum atomic E-state index is 13.2. The van der Waals surface area contributed by atoms with Crippen LogP contribution in [-0.2, 0) is 16.6 Å². The van der Waals surface area contributed by atoms with Crippen LogP contribution in [0, 0.1) is 20.8 Å². The predicted molar refractivity (Wildman–Crippen MR) is 103 cm³/mol. The first-order valence-electron chi connectivity index (χ1n) is 7.69. The maximum Gasteiger partial charge on any atom is 0.244 e. The van der Waals surface area contributed by atoms with Crippen molar-refractivity contribution >= 4 is 26.0 Å². The first kappa shape index (κ1) is 18.9. The fourth-order valence-electron chi connectivity index (χ4n) is 2.89. The molecule has 0 radical (unpaired) electrons. The van der Waals surface area contributed by atoms with Crippen LogP contribution >= 0.6 is 15.9 Å². The van der Waals surface area contributed by atoms with Crippen molar-refractivity contribution in [2.45, 2.75) is 32.2 Å². The lowest BCUT2D eigenvalue weighted by Crippen LogP contribution is -2.32. The molecule has 0 bridgehead atoms. The van der Waals surface area contributed by atoms with Gasteiger partial charge in [0.25, 0.3) is 0 Å². The van der Waals surface area contributed by atoms with Gasteiger partial charge in [0.1, 0.15) is 0 Å². The van der Waals surface area contributed by atoms with Gasteiger partial charge in [0.05, 0.1) is 4.90 Å². The number of halogens is 1. The van der Waals surface area contributed by atoms with Gasteiger partial charge in [-0.15, -0.1) is 6.58 Å². The van der Waals surface area contributed by atoms with Crippen molar-refractivity contribution in [1.29, 1.82) is 0 Å². The normalized spacial score (nSPS) is 11.7. The number of hydrogen-bond acceptors (Lipinski definition) is 2. The maximum absolute atomic E-state index is 13.2. The minimum absolute atomic E-state index is 0.269. The Morgan fingerprint density at radius 2 is 1.62 bits per heavy atom. The summed E-state index contributed by atoms with van der Waals surface area (Å²) < 4.78 is 28.9. The highest BCUT2D eigenvalue weighted by atomic mass is 79.9. The number of nitrogens with zero attached hydrogens (tertiary/aromatic N) is 1. The molecule has 0 saturated carbocycles. The SMILES string of the molecule is C=CCN(Cc1ccc(Br)cc1)S(=O)(=O)c1c(C)cc(C)cc1C. The molecule has 24 heavy (non-hydrogen) atoms. The van der Waals surface area contributed by atoms with Crippen LogP contribution in [0.15, 0.2) is 58.4 Å². The molecule has 0 aliphatic carbocycles. The predicted octanol–water partition coefficient (Wildman–Crippen LogP) is 4.75. The summed E-state index contributed by atoms with van der Waals surface area (Å²) in [5, 5.41) is 0. The molecular weight excluding hydrogens is 386 g/mol. The lowest BCUT2D eigenvalue weighted by molar-refractivity contribution is 0.437. The number of sulfonamides is 1. The van der Waals surface area contributed by atoms with E-state index in [1.807, 2.05) is 57.2 Å². The number of benzene rings is 2. The molecule has 0 aliphatic heterocycles. The zero-order valence-electron chi connectivity index (χ0n) is 14.2. The molecule has 0 fully saturated rings. The number of aryl methyl sites for hydroxylation is 3. The highest BCUT2D eigenvalue weighted by Crippen LogP contribution is 2.26. The Morgan fingerprint density at radius 3 is 2.12 bits per heavy atom. The van der Waals surface area contributed by atoms with Crippen LogP contribution in [-0.4, -0.2) is 19.3 Å². The van der Waals surface area contributed by atoms with Crippen LogP contribution < -0.4 is 0 Å². The topological polar surface area (TPSA) is 37.4 Å². The largest absolute Gasteiger partial charge is 0.244 e. The zero-order chi connectivity index (χ0) is 17.9. The third-order valence-electron chi connectivity index (χ3n) is 3.81. The Hall–Kier alpha value is -1.43. The third kappa shape index (κ3) is 4.15. The van der Waals surface area contributed by atoms with Gasteiger partial charge in [-0.2, -0.15) is 4.31 Å². The average molecular weight is 408 g/mol. The van der Waals surface area contributed by atoms with E-state index in [2.05, 4.69) is 22.5 Å². The first-order valence-corrected chi connectivity index (χ1v) is 9.92. The summed E-state index contributed by atoms with van der Waals surface area (Å²) in [7, 11) is -3.60. The Kier molecular flexibility index (Phi) is 6.01. The smallest absolute Gasteiger partial charge is 0.207 e. The Bertz CT molecular complexity index is 819. The van der Waals surface area contributed by atoms with Crippen LogP contribution in [0.3, 0.4) is 0 Å². The van der Waals surface area contributed by atoms with Gasteiger partial charge < -0.3 is 0 Å². The van der Waals surface area contributed by atoms with Gasteiger partial charge in [-0.05, 0) is 49.6 Å². The second-order valence-electron chi connectivity index (χ2n) is 5.94. The van der Waals surface area contributed by atoms with E-state index < -0.39 is 10.0 Å². The van der Waals surface area contributed by atoms with Crippen molar-refractivity contribution in [1.82, 2.24) is 4.31 Å². The summed E-state index contributed by atoms with van der Waals surface area (Å²) in [5.74, 6) is 0. The van der Waals surface area contributed by atoms with Gasteiger partial charge in [-0.25, -0.2) is 8.42 Å². The summed E-state index contributed by atoms with van der Waals surface area (Å²) in [6.07, 6.45) is 1.62. The van der Waals surface area contributed by atoms with Crippen molar-refractivity contribution < 1.29 is 8.42 Å². The van der Waals surface area contributed by atoms with E-state index in [-0.39, 0.29) is 6.54 Å². The molecule has 0 unspecified atom stereocenters. The molecule has 0 aliphatic rings. The molecule has 0 aromatic heterocycles. The van der Waals surface area contributed by atoms with Crippen molar-refractivity contribution in [3.05, 3.63) is 75.8 Å². The fraction of sp³-hybridized carbons (Fsp3) is 0.263. The van der Waals surface area contributed by atoms with E-state index in [0.717, 1.165) is 26.7 Å². The summed E-state index contributed by atoms with van der Waals surface area (Å²) in [6, 6.07) is 11.5. The van der Waals surface area contributed by atoms with Gasteiger partial charge in [-0.1, -0.05) is 51.8 Å². The van der Waals surface area contributed by atoms with Crippen LogP contribution in [0.4, 0.5) is 0 Å². The Morgan fingerprint density at radius 1 is 1.08 bits per heavy atom. The minimum atomic E-state index is -3.60. The number of hydrogen-bond donors (Lipinski definition) is 0. The molecule has 0 N–H and O–H groups in total. The van der Waals surface area contributed by atoms with Crippen molar-refractivity contribution in [3.8, 4) is 0 Å². The summed E-state index contributed by atoms with van der Waals surface area (Å²) in [5.41, 5.74) is 3.55. The van der Waals surface area contributed by atoms with Gasteiger partial charge >= 0.3 is 0 Å².